The van der Waals surface area contributed by atoms with Crippen molar-refractivity contribution >= 4 is 10.8 Å². The van der Waals surface area contributed by atoms with Crippen LogP contribution in [0.5, 0.6) is 5.75 Å². The van der Waals surface area contributed by atoms with Gasteiger partial charge in [0.15, 0.2) is 0 Å². The highest BCUT2D eigenvalue weighted by Crippen LogP contribution is 2.39. The van der Waals surface area contributed by atoms with E-state index in [1.807, 2.05) is 13.8 Å². The van der Waals surface area contributed by atoms with E-state index in [9.17, 15) is 5.11 Å². The van der Waals surface area contributed by atoms with Crippen molar-refractivity contribution in [2.45, 2.75) is 48.5 Å². The fourth-order valence-corrected chi connectivity index (χ4v) is 3.01. The highest BCUT2D eigenvalue weighted by atomic mass is 16.3. The number of phenols is 1. The minimum absolute atomic E-state index is 0.450. The first kappa shape index (κ1) is 12.9. The van der Waals surface area contributed by atoms with E-state index in [-0.39, 0.29) is 0 Å². The first-order chi connectivity index (χ1) is 8.29. The summed E-state index contributed by atoms with van der Waals surface area (Å²) in [4.78, 5) is 0. The summed E-state index contributed by atoms with van der Waals surface area (Å²) in [5.41, 5.74) is 8.57. The molecule has 2 aromatic carbocycles. The molecule has 0 bridgehead atoms. The molecule has 96 valence electrons. The van der Waals surface area contributed by atoms with Crippen LogP contribution >= 0.6 is 0 Å². The summed E-state index contributed by atoms with van der Waals surface area (Å²) in [5.74, 6) is 0.450. The van der Waals surface area contributed by atoms with Crippen LogP contribution in [0.15, 0.2) is 0 Å². The average Bonchev–Trinajstić information content (AvgIpc) is 2.35. The minimum Gasteiger partial charge on any atom is -0.507 e. The highest BCUT2D eigenvalue weighted by molar-refractivity contribution is 5.98. The topological polar surface area (TPSA) is 20.2 Å². The molecule has 2 rings (SSSR count). The molecule has 0 aliphatic heterocycles. The molecule has 0 aliphatic rings. The number of phenolic OH excluding ortho intramolecular Hbond substituents is 1. The van der Waals surface area contributed by atoms with Crippen LogP contribution in [0.4, 0.5) is 0 Å². The van der Waals surface area contributed by atoms with Crippen LogP contribution in [-0.4, -0.2) is 5.11 Å². The molecular formula is C17H22O. The van der Waals surface area contributed by atoms with Crippen LogP contribution in [0.1, 0.15) is 38.9 Å². The van der Waals surface area contributed by atoms with Gasteiger partial charge in [-0.3, -0.25) is 0 Å². The highest BCUT2D eigenvalue weighted by Gasteiger charge is 2.17. The Morgan fingerprint density at radius 3 is 1.22 bits per heavy atom. The Labute approximate surface area is 109 Å². The van der Waals surface area contributed by atoms with Gasteiger partial charge in [-0.2, -0.15) is 0 Å². The van der Waals surface area contributed by atoms with Gasteiger partial charge in [0.1, 0.15) is 5.75 Å². The molecule has 0 heterocycles. The van der Waals surface area contributed by atoms with E-state index in [1.165, 1.54) is 38.6 Å². The fraction of sp³-hybridized carbons (Fsp3) is 0.412. The van der Waals surface area contributed by atoms with E-state index in [0.29, 0.717) is 5.75 Å². The zero-order chi connectivity index (χ0) is 13.8. The number of rotatable bonds is 0. The summed E-state index contributed by atoms with van der Waals surface area (Å²) in [6.45, 7) is 14.8. The van der Waals surface area contributed by atoms with Gasteiger partial charge in [-0.25, -0.2) is 0 Å². The molecule has 0 aliphatic carbocycles. The Hall–Kier alpha value is -1.50. The lowest BCUT2D eigenvalue weighted by Crippen LogP contribution is -1.99. The van der Waals surface area contributed by atoms with Gasteiger partial charge in [-0.1, -0.05) is 0 Å². The summed E-state index contributed by atoms with van der Waals surface area (Å²) in [5, 5.41) is 12.8. The molecule has 1 heteroatoms. The summed E-state index contributed by atoms with van der Waals surface area (Å²) < 4.78 is 0. The van der Waals surface area contributed by atoms with Crippen molar-refractivity contribution in [1.82, 2.24) is 0 Å². The second-order valence-electron chi connectivity index (χ2n) is 5.47. The lowest BCUT2D eigenvalue weighted by atomic mass is 9.85. The van der Waals surface area contributed by atoms with E-state index >= 15 is 0 Å². The lowest BCUT2D eigenvalue weighted by molar-refractivity contribution is 0.467. The maximum Gasteiger partial charge on any atom is 0.122 e. The third-order valence-electron chi connectivity index (χ3n) is 4.71. The quantitative estimate of drug-likeness (QED) is 0.709. The SMILES string of the molecule is Cc1c(C)c(C)c2c(C)c(O)c(C)c(C)c2c1C. The van der Waals surface area contributed by atoms with Crippen LogP contribution in [0.3, 0.4) is 0 Å². The maximum absolute atomic E-state index is 10.3. The minimum atomic E-state index is 0.450. The number of hydrogen-bond donors (Lipinski definition) is 1. The number of benzene rings is 2. The molecule has 0 radical (unpaired) electrons. The van der Waals surface area contributed by atoms with Gasteiger partial charge >= 0.3 is 0 Å². The molecule has 18 heavy (non-hydrogen) atoms. The number of aromatic hydroxyl groups is 1. The van der Waals surface area contributed by atoms with Crippen LogP contribution in [0.2, 0.25) is 0 Å². The molecule has 0 saturated carbocycles. The summed E-state index contributed by atoms with van der Waals surface area (Å²) in [6.07, 6.45) is 0. The third kappa shape index (κ3) is 1.46. The van der Waals surface area contributed by atoms with E-state index in [1.54, 1.807) is 0 Å². The number of fused-ring (bicyclic) bond motifs is 1. The first-order valence-electron chi connectivity index (χ1n) is 6.47. The molecule has 0 fully saturated rings. The van der Waals surface area contributed by atoms with Gasteiger partial charge in [0.2, 0.25) is 0 Å². The monoisotopic (exact) mass is 242 g/mol. The van der Waals surface area contributed by atoms with Gasteiger partial charge in [0, 0.05) is 0 Å². The van der Waals surface area contributed by atoms with Crippen molar-refractivity contribution in [2.24, 2.45) is 0 Å². The zero-order valence-corrected chi connectivity index (χ0v) is 12.4. The summed E-state index contributed by atoms with van der Waals surface area (Å²) >= 11 is 0. The first-order valence-corrected chi connectivity index (χ1v) is 6.47. The Kier molecular flexibility index (Phi) is 2.89. The summed E-state index contributed by atoms with van der Waals surface area (Å²) in [6, 6.07) is 0. The van der Waals surface area contributed by atoms with Crippen molar-refractivity contribution in [3.8, 4) is 5.75 Å². The molecule has 0 spiro atoms. The number of hydrogen-bond acceptors (Lipinski definition) is 1. The lowest BCUT2D eigenvalue weighted by Gasteiger charge is -2.20. The Morgan fingerprint density at radius 2 is 0.778 bits per heavy atom. The fourth-order valence-electron chi connectivity index (χ4n) is 3.01. The molecule has 0 atom stereocenters. The van der Waals surface area contributed by atoms with Gasteiger partial charge in [0.25, 0.3) is 0 Å². The Bertz CT molecular complexity index is 551. The van der Waals surface area contributed by atoms with E-state index in [2.05, 4.69) is 34.6 Å². The standard InChI is InChI=1S/C17H22O/c1-8-9(2)11(4)16-14(7)17(18)13(6)12(5)15(16)10(8)3/h18H,1-7H3. The predicted molar refractivity (Wildman–Crippen MR) is 78.8 cm³/mol. The van der Waals surface area contributed by atoms with Gasteiger partial charge in [-0.15, -0.1) is 0 Å². The van der Waals surface area contributed by atoms with E-state index < -0.39 is 0 Å². The maximum atomic E-state index is 10.3. The molecule has 0 unspecified atom stereocenters. The van der Waals surface area contributed by atoms with Crippen molar-refractivity contribution in [3.05, 3.63) is 38.9 Å². The molecule has 0 aromatic heterocycles. The Morgan fingerprint density at radius 1 is 0.444 bits per heavy atom. The second-order valence-corrected chi connectivity index (χ2v) is 5.47. The molecule has 1 nitrogen and oxygen atoms in total. The largest absolute Gasteiger partial charge is 0.507 e. The van der Waals surface area contributed by atoms with Crippen LogP contribution in [0.25, 0.3) is 10.8 Å². The van der Waals surface area contributed by atoms with Gasteiger partial charge in [-0.05, 0) is 98.2 Å². The van der Waals surface area contributed by atoms with E-state index in [0.717, 1.165) is 11.1 Å². The number of aryl methyl sites for hydroxylation is 4. The van der Waals surface area contributed by atoms with E-state index in [4.69, 9.17) is 0 Å². The molecule has 0 amide bonds. The van der Waals surface area contributed by atoms with Crippen LogP contribution < -0.4 is 0 Å². The predicted octanol–water partition coefficient (Wildman–Crippen LogP) is 4.70. The molecule has 2 aromatic rings. The van der Waals surface area contributed by atoms with Gasteiger partial charge in [0.05, 0.1) is 0 Å². The van der Waals surface area contributed by atoms with Crippen molar-refractivity contribution in [1.29, 1.82) is 0 Å². The van der Waals surface area contributed by atoms with Crippen molar-refractivity contribution in [3.63, 3.8) is 0 Å². The normalized spacial score (nSPS) is 11.3. The van der Waals surface area contributed by atoms with Gasteiger partial charge < -0.3 is 5.11 Å². The average molecular weight is 242 g/mol. The zero-order valence-electron chi connectivity index (χ0n) is 12.4. The summed E-state index contributed by atoms with van der Waals surface area (Å²) in [7, 11) is 0. The van der Waals surface area contributed by atoms with Crippen molar-refractivity contribution in [2.75, 3.05) is 0 Å². The molecular weight excluding hydrogens is 220 g/mol. The second kappa shape index (κ2) is 4.01. The van der Waals surface area contributed by atoms with Crippen LogP contribution in [-0.2, 0) is 0 Å². The smallest absolute Gasteiger partial charge is 0.122 e. The van der Waals surface area contributed by atoms with Crippen LogP contribution in [0, 0.1) is 48.5 Å². The molecule has 0 saturated heterocycles. The van der Waals surface area contributed by atoms with Crippen molar-refractivity contribution < 1.29 is 5.11 Å². The molecule has 1 N–H and O–H groups in total. The Balaban J connectivity index is 3.22. The third-order valence-corrected chi connectivity index (χ3v) is 4.71.